The summed E-state index contributed by atoms with van der Waals surface area (Å²) >= 11 is 0. The van der Waals surface area contributed by atoms with Crippen molar-refractivity contribution < 1.29 is 19.7 Å². The quantitative estimate of drug-likeness (QED) is 0.820. The lowest BCUT2D eigenvalue weighted by atomic mass is 9.82. The van der Waals surface area contributed by atoms with Gasteiger partial charge in [-0.1, -0.05) is 18.7 Å². The Kier molecular flexibility index (Phi) is 3.35. The van der Waals surface area contributed by atoms with Crippen LogP contribution in [0.5, 0.6) is 11.5 Å². The fourth-order valence-electron chi connectivity index (χ4n) is 2.73. The fourth-order valence-corrected chi connectivity index (χ4v) is 2.73. The molecule has 0 amide bonds. The maximum absolute atomic E-state index is 10.7. The van der Waals surface area contributed by atoms with E-state index in [1.54, 1.807) is 31.2 Å². The first-order valence-corrected chi connectivity index (χ1v) is 6.87. The Morgan fingerprint density at radius 1 is 1.43 bits per heavy atom. The van der Waals surface area contributed by atoms with Gasteiger partial charge in [-0.05, 0) is 36.8 Å². The lowest BCUT2D eigenvalue weighted by molar-refractivity contribution is -0.0893. The molecule has 3 rings (SSSR count). The number of aliphatic hydroxyl groups is 2. The molecule has 0 fully saturated rings. The highest BCUT2D eigenvalue weighted by Crippen LogP contribution is 2.46. The van der Waals surface area contributed by atoms with Gasteiger partial charge in [-0.2, -0.15) is 0 Å². The zero-order chi connectivity index (χ0) is 15.0. The largest absolute Gasteiger partial charge is 0.489 e. The van der Waals surface area contributed by atoms with Gasteiger partial charge >= 0.3 is 0 Å². The van der Waals surface area contributed by atoms with Gasteiger partial charge in [0.15, 0.2) is 0 Å². The van der Waals surface area contributed by atoms with Gasteiger partial charge in [0.25, 0.3) is 0 Å². The highest BCUT2D eigenvalue weighted by atomic mass is 16.5. The molecule has 0 saturated carbocycles. The van der Waals surface area contributed by atoms with Gasteiger partial charge in [0, 0.05) is 5.56 Å². The highest BCUT2D eigenvalue weighted by molar-refractivity contribution is 5.69. The third-order valence-electron chi connectivity index (χ3n) is 4.04. The van der Waals surface area contributed by atoms with Gasteiger partial charge in [-0.25, -0.2) is 0 Å². The van der Waals surface area contributed by atoms with Gasteiger partial charge in [0.2, 0.25) is 0 Å². The van der Waals surface area contributed by atoms with E-state index in [1.807, 2.05) is 12.2 Å². The second kappa shape index (κ2) is 5.06. The third kappa shape index (κ3) is 2.07. The molecule has 2 aliphatic heterocycles. The molecule has 1 aromatic rings. The molecule has 0 saturated heterocycles. The topological polar surface area (TPSA) is 58.9 Å². The molecule has 21 heavy (non-hydrogen) atoms. The van der Waals surface area contributed by atoms with Gasteiger partial charge in [0.1, 0.15) is 36.4 Å². The van der Waals surface area contributed by atoms with E-state index in [1.165, 1.54) is 0 Å². The van der Waals surface area contributed by atoms with Crippen LogP contribution in [0.3, 0.4) is 0 Å². The minimum absolute atomic E-state index is 0.0123. The minimum atomic E-state index is -1.45. The van der Waals surface area contributed by atoms with Crippen LogP contribution in [-0.2, 0) is 0 Å². The minimum Gasteiger partial charge on any atom is -0.489 e. The Morgan fingerprint density at radius 3 is 3.00 bits per heavy atom. The molecule has 4 nitrogen and oxygen atoms in total. The molecular formula is C17H18O4. The van der Waals surface area contributed by atoms with Crippen molar-refractivity contribution in [2.75, 3.05) is 13.2 Å². The monoisotopic (exact) mass is 286 g/mol. The first-order valence-electron chi connectivity index (χ1n) is 6.87. The molecule has 2 aliphatic rings. The standard InChI is InChI=1S/C17H18O4/c1-3-5-11(2)17(19)10-21-15-12-6-4-9-20-14(12)8-7-13(15)16(17)18/h3-8,16,18-19H,1,9-10H2,2H3/b11-5+. The second-order valence-corrected chi connectivity index (χ2v) is 5.31. The molecular weight excluding hydrogens is 268 g/mol. The summed E-state index contributed by atoms with van der Waals surface area (Å²) in [6, 6.07) is 3.53. The number of fused-ring (bicyclic) bond motifs is 3. The zero-order valence-corrected chi connectivity index (χ0v) is 11.9. The maximum Gasteiger partial charge on any atom is 0.149 e. The molecule has 0 bridgehead atoms. The van der Waals surface area contributed by atoms with Crippen LogP contribution in [-0.4, -0.2) is 29.0 Å². The number of hydrogen-bond donors (Lipinski definition) is 2. The lowest BCUT2D eigenvalue weighted by Crippen LogP contribution is -2.46. The summed E-state index contributed by atoms with van der Waals surface area (Å²) in [5.74, 6) is 1.30. The van der Waals surface area contributed by atoms with Crippen molar-refractivity contribution >= 4 is 6.08 Å². The van der Waals surface area contributed by atoms with Crippen LogP contribution in [0, 0.1) is 0 Å². The third-order valence-corrected chi connectivity index (χ3v) is 4.04. The van der Waals surface area contributed by atoms with Crippen molar-refractivity contribution in [3.8, 4) is 11.5 Å². The summed E-state index contributed by atoms with van der Waals surface area (Å²) in [5, 5.41) is 21.4. The Balaban J connectivity index is 2.08. The van der Waals surface area contributed by atoms with E-state index < -0.39 is 11.7 Å². The fraction of sp³-hybridized carbons (Fsp3) is 0.294. The summed E-state index contributed by atoms with van der Waals surface area (Å²) in [5.41, 5.74) is 0.536. The Hall–Kier alpha value is -2.04. The van der Waals surface area contributed by atoms with Gasteiger partial charge in [-0.15, -0.1) is 0 Å². The number of rotatable bonds is 2. The van der Waals surface area contributed by atoms with Crippen LogP contribution in [0.15, 0.2) is 42.5 Å². The van der Waals surface area contributed by atoms with E-state index in [2.05, 4.69) is 6.58 Å². The molecule has 0 aliphatic carbocycles. The van der Waals surface area contributed by atoms with E-state index in [4.69, 9.17) is 9.47 Å². The maximum atomic E-state index is 10.7. The van der Waals surface area contributed by atoms with E-state index >= 15 is 0 Å². The SMILES string of the molecule is C=C/C=C(\C)C1(O)COc2c(ccc3c2C=CCO3)C1O. The molecule has 0 aromatic heterocycles. The molecule has 0 spiro atoms. The highest BCUT2D eigenvalue weighted by Gasteiger charge is 2.44. The van der Waals surface area contributed by atoms with E-state index in [-0.39, 0.29) is 6.61 Å². The summed E-state index contributed by atoms with van der Waals surface area (Å²) in [6.07, 6.45) is 6.01. The first kappa shape index (κ1) is 13.9. The summed E-state index contributed by atoms with van der Waals surface area (Å²) in [7, 11) is 0. The van der Waals surface area contributed by atoms with Crippen molar-refractivity contribution in [2.45, 2.75) is 18.6 Å². The van der Waals surface area contributed by atoms with Crippen LogP contribution in [0.1, 0.15) is 24.2 Å². The smallest absolute Gasteiger partial charge is 0.149 e. The van der Waals surface area contributed by atoms with Gasteiger partial charge < -0.3 is 19.7 Å². The molecule has 2 unspecified atom stereocenters. The predicted molar refractivity (Wildman–Crippen MR) is 80.3 cm³/mol. The Morgan fingerprint density at radius 2 is 2.24 bits per heavy atom. The molecule has 2 atom stereocenters. The Labute approximate surface area is 123 Å². The molecule has 0 radical (unpaired) electrons. The molecule has 110 valence electrons. The van der Waals surface area contributed by atoms with Crippen molar-refractivity contribution in [1.82, 2.24) is 0 Å². The lowest BCUT2D eigenvalue weighted by Gasteiger charge is -2.39. The summed E-state index contributed by atoms with van der Waals surface area (Å²) < 4.78 is 11.3. The van der Waals surface area contributed by atoms with E-state index in [9.17, 15) is 10.2 Å². The molecule has 4 heteroatoms. The number of aliphatic hydroxyl groups excluding tert-OH is 1. The number of benzene rings is 1. The molecule has 2 heterocycles. The zero-order valence-electron chi connectivity index (χ0n) is 11.9. The summed E-state index contributed by atoms with van der Waals surface area (Å²) in [6.45, 7) is 5.88. The van der Waals surface area contributed by atoms with E-state index in [0.717, 1.165) is 11.3 Å². The average Bonchev–Trinajstić information content (AvgIpc) is 2.51. The van der Waals surface area contributed by atoms with Crippen molar-refractivity contribution in [2.24, 2.45) is 0 Å². The van der Waals surface area contributed by atoms with Crippen LogP contribution >= 0.6 is 0 Å². The molecule has 1 aromatic carbocycles. The number of hydrogen-bond acceptors (Lipinski definition) is 4. The second-order valence-electron chi connectivity index (χ2n) is 5.31. The van der Waals surface area contributed by atoms with Crippen molar-refractivity contribution in [3.05, 3.63) is 53.6 Å². The normalized spacial score (nSPS) is 27.2. The van der Waals surface area contributed by atoms with Crippen LogP contribution in [0.4, 0.5) is 0 Å². The predicted octanol–water partition coefficient (Wildman–Crippen LogP) is 2.38. The van der Waals surface area contributed by atoms with Crippen LogP contribution < -0.4 is 9.47 Å². The van der Waals surface area contributed by atoms with Crippen molar-refractivity contribution in [3.63, 3.8) is 0 Å². The molecule has 2 N–H and O–H groups in total. The van der Waals surface area contributed by atoms with E-state index in [0.29, 0.717) is 23.5 Å². The van der Waals surface area contributed by atoms with Crippen LogP contribution in [0.25, 0.3) is 6.08 Å². The number of allylic oxidation sites excluding steroid dienone is 2. The average molecular weight is 286 g/mol. The first-order chi connectivity index (χ1) is 10.1. The van der Waals surface area contributed by atoms with Gasteiger partial charge in [-0.3, -0.25) is 0 Å². The van der Waals surface area contributed by atoms with Crippen LogP contribution in [0.2, 0.25) is 0 Å². The Bertz CT molecular complexity index is 644. The van der Waals surface area contributed by atoms with Gasteiger partial charge in [0.05, 0.1) is 5.56 Å². The summed E-state index contributed by atoms with van der Waals surface area (Å²) in [4.78, 5) is 0. The van der Waals surface area contributed by atoms with Crippen molar-refractivity contribution in [1.29, 1.82) is 0 Å². The number of ether oxygens (including phenoxy) is 2.